The highest BCUT2D eigenvalue weighted by atomic mass is 35.5. The molecule has 0 bridgehead atoms. The highest BCUT2D eigenvalue weighted by molar-refractivity contribution is 6.29. The van der Waals surface area contributed by atoms with Crippen molar-refractivity contribution in [3.05, 3.63) is 52.3 Å². The third-order valence-electron chi connectivity index (χ3n) is 2.21. The molecular formula is C11H9ClN4O2. The molecule has 1 aromatic carbocycles. The van der Waals surface area contributed by atoms with Crippen LogP contribution in [0.15, 0.2) is 42.2 Å². The van der Waals surface area contributed by atoms with Crippen LogP contribution in [-0.2, 0) is 6.54 Å². The van der Waals surface area contributed by atoms with Crippen LogP contribution in [-0.4, -0.2) is 19.7 Å². The van der Waals surface area contributed by atoms with Crippen molar-refractivity contribution >= 4 is 17.3 Å². The highest BCUT2D eigenvalue weighted by Gasteiger charge is 2.08. The van der Waals surface area contributed by atoms with E-state index in [1.807, 2.05) is 0 Å². The molecule has 0 N–H and O–H groups in total. The molecule has 2 rings (SSSR count). The van der Waals surface area contributed by atoms with E-state index in [4.69, 9.17) is 11.6 Å². The van der Waals surface area contributed by atoms with Crippen molar-refractivity contribution in [1.82, 2.24) is 14.8 Å². The molecule has 0 unspecified atom stereocenters. The van der Waals surface area contributed by atoms with Crippen LogP contribution in [0.25, 0.3) is 11.4 Å². The minimum Gasteiger partial charge on any atom is -0.258 e. The fourth-order valence-corrected chi connectivity index (χ4v) is 1.53. The molecule has 0 aliphatic heterocycles. The van der Waals surface area contributed by atoms with Crippen molar-refractivity contribution in [2.24, 2.45) is 0 Å². The molecule has 92 valence electrons. The molecule has 0 amide bonds. The number of aromatic nitrogens is 3. The molecule has 1 aromatic heterocycles. The predicted octanol–water partition coefficient (Wildman–Crippen LogP) is 2.61. The zero-order chi connectivity index (χ0) is 13.1. The molecular weight excluding hydrogens is 256 g/mol. The number of halogens is 1. The molecule has 0 saturated carbocycles. The fourth-order valence-electron chi connectivity index (χ4n) is 1.41. The summed E-state index contributed by atoms with van der Waals surface area (Å²) in [7, 11) is 0. The molecule has 0 radical (unpaired) electrons. The molecule has 18 heavy (non-hydrogen) atoms. The first kappa shape index (κ1) is 12.3. The minimum atomic E-state index is -0.451. The van der Waals surface area contributed by atoms with Crippen LogP contribution < -0.4 is 0 Å². The average molecular weight is 265 g/mol. The second-order valence-corrected chi connectivity index (χ2v) is 4.12. The van der Waals surface area contributed by atoms with Crippen molar-refractivity contribution in [2.75, 3.05) is 0 Å². The van der Waals surface area contributed by atoms with E-state index in [0.29, 0.717) is 23.0 Å². The van der Waals surface area contributed by atoms with Gasteiger partial charge < -0.3 is 0 Å². The van der Waals surface area contributed by atoms with Gasteiger partial charge in [-0.25, -0.2) is 9.67 Å². The van der Waals surface area contributed by atoms with E-state index in [0.717, 1.165) is 0 Å². The summed E-state index contributed by atoms with van der Waals surface area (Å²) < 4.78 is 1.55. The Balaban J connectivity index is 2.23. The van der Waals surface area contributed by atoms with Gasteiger partial charge in [0.15, 0.2) is 5.82 Å². The summed E-state index contributed by atoms with van der Waals surface area (Å²) in [6, 6.07) is 6.04. The van der Waals surface area contributed by atoms with Crippen molar-refractivity contribution in [2.45, 2.75) is 6.54 Å². The van der Waals surface area contributed by atoms with Crippen molar-refractivity contribution in [1.29, 1.82) is 0 Å². The number of rotatable bonds is 4. The number of benzene rings is 1. The Bertz CT molecular complexity index is 591. The SMILES string of the molecule is C=C(Cl)Cn1cnc(-c2ccc([N+](=O)[O-])cc2)n1. The zero-order valence-electron chi connectivity index (χ0n) is 9.28. The van der Waals surface area contributed by atoms with Crippen molar-refractivity contribution in [3.63, 3.8) is 0 Å². The summed E-state index contributed by atoms with van der Waals surface area (Å²) in [6.07, 6.45) is 1.53. The predicted molar refractivity (Wildman–Crippen MR) is 67.1 cm³/mol. The van der Waals surface area contributed by atoms with Crippen LogP contribution in [0.3, 0.4) is 0 Å². The van der Waals surface area contributed by atoms with E-state index in [1.54, 1.807) is 16.8 Å². The van der Waals surface area contributed by atoms with Gasteiger partial charge in [0.05, 0.1) is 11.5 Å². The van der Waals surface area contributed by atoms with Crippen LogP contribution in [0.5, 0.6) is 0 Å². The lowest BCUT2D eigenvalue weighted by molar-refractivity contribution is -0.384. The topological polar surface area (TPSA) is 73.8 Å². The quantitative estimate of drug-likeness (QED) is 0.628. The van der Waals surface area contributed by atoms with Crippen LogP contribution in [0.1, 0.15) is 0 Å². The standard InChI is InChI=1S/C11H9ClN4O2/c1-8(12)6-15-7-13-11(14-15)9-2-4-10(5-3-9)16(17)18/h2-5,7H,1,6H2. The number of non-ortho nitro benzene ring substituents is 1. The second-order valence-electron chi connectivity index (χ2n) is 3.59. The number of hydrogen-bond acceptors (Lipinski definition) is 4. The summed E-state index contributed by atoms with van der Waals surface area (Å²) in [6.45, 7) is 3.94. The van der Waals surface area contributed by atoms with Gasteiger partial charge in [-0.15, -0.1) is 0 Å². The van der Waals surface area contributed by atoms with Crippen molar-refractivity contribution in [3.8, 4) is 11.4 Å². The molecule has 0 aliphatic carbocycles. The van der Waals surface area contributed by atoms with Gasteiger partial charge in [0.1, 0.15) is 6.33 Å². The Hall–Kier alpha value is -2.21. The number of nitrogens with zero attached hydrogens (tertiary/aromatic N) is 4. The summed E-state index contributed by atoms with van der Waals surface area (Å²) in [4.78, 5) is 14.2. The van der Waals surface area contributed by atoms with Crippen LogP contribution in [0.2, 0.25) is 0 Å². The number of allylic oxidation sites excluding steroid dienone is 1. The monoisotopic (exact) mass is 264 g/mol. The van der Waals surface area contributed by atoms with Gasteiger partial charge in [-0.2, -0.15) is 5.10 Å². The van der Waals surface area contributed by atoms with Gasteiger partial charge in [-0.3, -0.25) is 10.1 Å². The van der Waals surface area contributed by atoms with Gasteiger partial charge in [0, 0.05) is 22.7 Å². The molecule has 0 saturated heterocycles. The summed E-state index contributed by atoms with van der Waals surface area (Å²) in [5.74, 6) is 0.489. The number of nitro benzene ring substituents is 1. The zero-order valence-corrected chi connectivity index (χ0v) is 10.0. The maximum Gasteiger partial charge on any atom is 0.269 e. The summed E-state index contributed by atoms with van der Waals surface area (Å²) in [5, 5.41) is 15.2. The Kier molecular flexibility index (Phi) is 3.38. The minimum absolute atomic E-state index is 0.0346. The molecule has 1 heterocycles. The van der Waals surface area contributed by atoms with E-state index in [2.05, 4.69) is 16.7 Å². The lowest BCUT2D eigenvalue weighted by atomic mass is 10.2. The Morgan fingerprint density at radius 2 is 2.11 bits per heavy atom. The largest absolute Gasteiger partial charge is 0.269 e. The Morgan fingerprint density at radius 1 is 1.44 bits per heavy atom. The first-order chi connectivity index (χ1) is 8.56. The van der Waals surface area contributed by atoms with E-state index >= 15 is 0 Å². The lowest BCUT2D eigenvalue weighted by Crippen LogP contribution is -1.97. The third-order valence-corrected chi connectivity index (χ3v) is 2.33. The lowest BCUT2D eigenvalue weighted by Gasteiger charge is -1.97. The molecule has 0 fully saturated rings. The molecule has 0 spiro atoms. The van der Waals surface area contributed by atoms with Gasteiger partial charge in [0.25, 0.3) is 5.69 Å². The Morgan fingerprint density at radius 3 is 2.67 bits per heavy atom. The first-order valence-corrected chi connectivity index (χ1v) is 5.41. The fraction of sp³-hybridized carbons (Fsp3) is 0.0909. The highest BCUT2D eigenvalue weighted by Crippen LogP contribution is 2.19. The molecule has 7 heteroatoms. The first-order valence-electron chi connectivity index (χ1n) is 5.04. The molecule has 6 nitrogen and oxygen atoms in total. The maximum absolute atomic E-state index is 10.5. The van der Waals surface area contributed by atoms with Crippen LogP contribution >= 0.6 is 11.6 Å². The number of hydrogen-bond donors (Lipinski definition) is 0. The molecule has 2 aromatic rings. The van der Waals surface area contributed by atoms with E-state index in [9.17, 15) is 10.1 Å². The van der Waals surface area contributed by atoms with Gasteiger partial charge in [-0.05, 0) is 12.1 Å². The van der Waals surface area contributed by atoms with E-state index in [-0.39, 0.29) is 5.69 Å². The van der Waals surface area contributed by atoms with Crippen molar-refractivity contribution < 1.29 is 4.92 Å². The average Bonchev–Trinajstić information content (AvgIpc) is 2.76. The normalized spacial score (nSPS) is 10.3. The van der Waals surface area contributed by atoms with Gasteiger partial charge in [0.2, 0.25) is 0 Å². The smallest absolute Gasteiger partial charge is 0.258 e. The van der Waals surface area contributed by atoms with Crippen LogP contribution in [0.4, 0.5) is 5.69 Å². The summed E-state index contributed by atoms with van der Waals surface area (Å²) >= 11 is 5.67. The maximum atomic E-state index is 10.5. The Labute approximate surface area is 108 Å². The van der Waals surface area contributed by atoms with E-state index < -0.39 is 4.92 Å². The molecule has 0 atom stereocenters. The second kappa shape index (κ2) is 4.97. The third kappa shape index (κ3) is 2.72. The van der Waals surface area contributed by atoms with Crippen LogP contribution in [0, 0.1) is 10.1 Å². The van der Waals surface area contributed by atoms with E-state index in [1.165, 1.54) is 18.5 Å². The van der Waals surface area contributed by atoms with Gasteiger partial charge >= 0.3 is 0 Å². The van der Waals surface area contributed by atoms with Gasteiger partial charge in [-0.1, -0.05) is 18.2 Å². The molecule has 0 aliphatic rings. The summed E-state index contributed by atoms with van der Waals surface area (Å²) in [5.41, 5.74) is 0.742. The number of nitro groups is 1.